The summed E-state index contributed by atoms with van der Waals surface area (Å²) in [4.78, 5) is 0. The molecule has 5 aromatic rings. The summed E-state index contributed by atoms with van der Waals surface area (Å²) in [6, 6.07) is 29.3. The van der Waals surface area contributed by atoms with Gasteiger partial charge in [-0.1, -0.05) is 72.2 Å². The van der Waals surface area contributed by atoms with E-state index in [0.717, 1.165) is 0 Å². The molecule has 1 aromatic heterocycles. The average Bonchev–Trinajstić information content (AvgIpc) is 3.22. The molecule has 0 atom stereocenters. The summed E-state index contributed by atoms with van der Waals surface area (Å²) >= 11 is 0. The van der Waals surface area contributed by atoms with E-state index in [4.69, 9.17) is 0 Å². The van der Waals surface area contributed by atoms with Crippen molar-refractivity contribution in [3.63, 3.8) is 0 Å². The van der Waals surface area contributed by atoms with Gasteiger partial charge >= 0.3 is 0 Å². The molecule has 0 bridgehead atoms. The maximum atomic E-state index is 2.51. The summed E-state index contributed by atoms with van der Waals surface area (Å²) in [6.45, 7) is 2.57. The lowest BCUT2D eigenvalue weighted by Gasteiger charge is -2.24. The van der Waals surface area contributed by atoms with Crippen molar-refractivity contribution in [3.05, 3.63) is 84.4 Å². The molecule has 0 spiro atoms. The lowest BCUT2D eigenvalue weighted by molar-refractivity contribution is 1.19. The molecule has 3 heterocycles. The van der Waals surface area contributed by atoms with E-state index in [0.29, 0.717) is 6.71 Å². The first kappa shape index (κ1) is 13.9. The zero-order valence-electron chi connectivity index (χ0n) is 15.0. The molecule has 4 aromatic carbocycles. The third-order valence-electron chi connectivity index (χ3n) is 6.54. The molecular weight excluding hydrogens is 325 g/mol. The molecule has 2 heteroatoms. The molecule has 0 saturated carbocycles. The fourth-order valence-corrected chi connectivity index (χ4v) is 5.56. The Balaban J connectivity index is 1.79. The van der Waals surface area contributed by atoms with Gasteiger partial charge in [0.05, 0.1) is 5.52 Å². The summed E-state index contributed by atoms with van der Waals surface area (Å²) in [5.74, 6) is 0. The van der Waals surface area contributed by atoms with Crippen LogP contribution in [0.25, 0.3) is 38.6 Å². The van der Waals surface area contributed by atoms with E-state index in [1.807, 2.05) is 0 Å². The molecule has 0 unspecified atom stereocenters. The third kappa shape index (κ3) is 1.46. The molecule has 0 N–H and O–H groups in total. The minimum Gasteiger partial charge on any atom is -0.310 e. The topological polar surface area (TPSA) is 4.93 Å². The van der Waals surface area contributed by atoms with Crippen molar-refractivity contribution in [2.45, 2.75) is 6.92 Å². The highest BCUT2D eigenvalue weighted by Gasteiger charge is 2.40. The second-order valence-corrected chi connectivity index (χ2v) is 7.81. The second kappa shape index (κ2) is 4.53. The number of benzene rings is 4. The van der Waals surface area contributed by atoms with Gasteiger partial charge in [-0.05, 0) is 46.7 Å². The molecule has 0 radical (unpaired) electrons. The van der Waals surface area contributed by atoms with Crippen LogP contribution in [0.3, 0.4) is 0 Å². The van der Waals surface area contributed by atoms with Crippen LogP contribution in [0.1, 0.15) is 5.56 Å². The van der Waals surface area contributed by atoms with Crippen molar-refractivity contribution < 1.29 is 0 Å². The van der Waals surface area contributed by atoms with E-state index in [1.165, 1.54) is 60.6 Å². The Labute approximate surface area is 158 Å². The first-order valence-electron chi connectivity index (χ1n) is 9.60. The Morgan fingerprint density at radius 1 is 0.704 bits per heavy atom. The second-order valence-electron chi connectivity index (χ2n) is 7.81. The highest BCUT2D eigenvalue weighted by molar-refractivity contribution is 7.01. The normalized spacial score (nSPS) is 13.3. The number of fused-ring (bicyclic) bond motifs is 8. The maximum Gasteiger partial charge on any atom is 0.248 e. The Morgan fingerprint density at radius 2 is 1.48 bits per heavy atom. The van der Waals surface area contributed by atoms with Crippen LogP contribution in [0.15, 0.2) is 78.9 Å². The number of hydrogen-bond acceptors (Lipinski definition) is 0. The molecule has 7 rings (SSSR count). The van der Waals surface area contributed by atoms with Crippen LogP contribution in [-0.4, -0.2) is 11.3 Å². The zero-order valence-corrected chi connectivity index (χ0v) is 15.0. The van der Waals surface area contributed by atoms with Crippen LogP contribution in [0.2, 0.25) is 0 Å². The summed E-state index contributed by atoms with van der Waals surface area (Å²) in [5, 5.41) is 2.77. The zero-order chi connectivity index (χ0) is 17.7. The summed E-state index contributed by atoms with van der Waals surface area (Å²) in [5.41, 5.74) is 12.5. The van der Waals surface area contributed by atoms with Gasteiger partial charge in [0, 0.05) is 22.0 Å². The fourth-order valence-electron chi connectivity index (χ4n) is 5.56. The maximum absolute atomic E-state index is 2.51. The lowest BCUT2D eigenvalue weighted by atomic mass is 9.37. The Bertz CT molecular complexity index is 1440. The average molecular weight is 341 g/mol. The molecule has 1 nitrogen and oxygen atoms in total. The molecule has 27 heavy (non-hydrogen) atoms. The minimum atomic E-state index is 0.341. The van der Waals surface area contributed by atoms with Gasteiger partial charge in [0.2, 0.25) is 6.71 Å². The van der Waals surface area contributed by atoms with Crippen molar-refractivity contribution in [3.8, 4) is 16.8 Å². The van der Waals surface area contributed by atoms with Gasteiger partial charge in [-0.3, -0.25) is 0 Å². The van der Waals surface area contributed by atoms with E-state index in [2.05, 4.69) is 90.4 Å². The van der Waals surface area contributed by atoms with Crippen LogP contribution in [0.5, 0.6) is 0 Å². The standard InChI is InChI=1S/C25H16BN/c1-15-7-4-13-21-23(15)18-10-5-12-20-25(18)27(21)22-14-6-9-17-16-8-2-3-11-19(16)26(20)24(17)22/h2-14H,1H3. The number of nitrogens with zero attached hydrogens (tertiary/aromatic N) is 1. The van der Waals surface area contributed by atoms with Gasteiger partial charge in [0.1, 0.15) is 0 Å². The third-order valence-corrected chi connectivity index (χ3v) is 6.54. The van der Waals surface area contributed by atoms with E-state index in [1.54, 1.807) is 0 Å². The first-order valence-corrected chi connectivity index (χ1v) is 9.60. The lowest BCUT2D eigenvalue weighted by Crippen LogP contribution is -2.53. The SMILES string of the molecule is Cc1cccc2c1c1cccc3c1n2-c1cccc2c1B3c1ccccc1-2. The largest absolute Gasteiger partial charge is 0.310 e. The number of rotatable bonds is 0. The first-order chi connectivity index (χ1) is 13.3. The van der Waals surface area contributed by atoms with Gasteiger partial charge in [-0.15, -0.1) is 0 Å². The van der Waals surface area contributed by atoms with Crippen molar-refractivity contribution in [2.24, 2.45) is 0 Å². The molecular formula is C25H16BN. The van der Waals surface area contributed by atoms with Crippen LogP contribution >= 0.6 is 0 Å². The predicted molar refractivity (Wildman–Crippen MR) is 116 cm³/mol. The minimum absolute atomic E-state index is 0.341. The molecule has 0 amide bonds. The van der Waals surface area contributed by atoms with Crippen molar-refractivity contribution >= 4 is 44.9 Å². The smallest absolute Gasteiger partial charge is 0.248 e. The molecule has 2 aliphatic rings. The van der Waals surface area contributed by atoms with E-state index in [9.17, 15) is 0 Å². The van der Waals surface area contributed by atoms with Crippen LogP contribution in [0, 0.1) is 6.92 Å². The van der Waals surface area contributed by atoms with Crippen molar-refractivity contribution in [1.29, 1.82) is 0 Å². The molecule has 0 fully saturated rings. The molecule has 0 saturated heterocycles. The van der Waals surface area contributed by atoms with E-state index < -0.39 is 0 Å². The van der Waals surface area contributed by atoms with Gasteiger partial charge in [0.25, 0.3) is 0 Å². The fraction of sp³-hybridized carbons (Fsp3) is 0.0400. The van der Waals surface area contributed by atoms with Gasteiger partial charge in [0.15, 0.2) is 0 Å². The van der Waals surface area contributed by atoms with Crippen molar-refractivity contribution in [2.75, 3.05) is 0 Å². The van der Waals surface area contributed by atoms with E-state index in [-0.39, 0.29) is 0 Å². The number of aryl methyl sites for hydroxylation is 1. The van der Waals surface area contributed by atoms with Gasteiger partial charge < -0.3 is 4.57 Å². The van der Waals surface area contributed by atoms with Crippen LogP contribution < -0.4 is 16.4 Å². The quantitative estimate of drug-likeness (QED) is 0.369. The molecule has 0 aliphatic carbocycles. The molecule has 2 aliphatic heterocycles. The van der Waals surface area contributed by atoms with Crippen molar-refractivity contribution in [1.82, 2.24) is 4.57 Å². The predicted octanol–water partition coefficient (Wildman–Crippen LogP) is 3.90. The number of aromatic nitrogens is 1. The summed E-state index contributed by atoms with van der Waals surface area (Å²) in [6.07, 6.45) is 0. The summed E-state index contributed by atoms with van der Waals surface area (Å²) in [7, 11) is 0. The molecule has 124 valence electrons. The van der Waals surface area contributed by atoms with E-state index >= 15 is 0 Å². The highest BCUT2D eigenvalue weighted by Crippen LogP contribution is 2.37. The Kier molecular flexibility index (Phi) is 2.33. The monoisotopic (exact) mass is 341 g/mol. The summed E-state index contributed by atoms with van der Waals surface area (Å²) < 4.78 is 2.51. The highest BCUT2D eigenvalue weighted by atomic mass is 15.0. The Hall–Kier alpha value is -3.26. The van der Waals surface area contributed by atoms with Crippen LogP contribution in [-0.2, 0) is 0 Å². The van der Waals surface area contributed by atoms with Crippen LogP contribution in [0.4, 0.5) is 0 Å². The Morgan fingerprint density at radius 3 is 2.44 bits per heavy atom. The van der Waals surface area contributed by atoms with Gasteiger partial charge in [-0.25, -0.2) is 0 Å². The number of para-hydroxylation sites is 1. The van der Waals surface area contributed by atoms with Gasteiger partial charge in [-0.2, -0.15) is 0 Å². The number of hydrogen-bond donors (Lipinski definition) is 0.